The van der Waals surface area contributed by atoms with Gasteiger partial charge < -0.3 is 14.6 Å². The van der Waals surface area contributed by atoms with Gasteiger partial charge in [-0.3, -0.25) is 4.79 Å². The molecule has 1 saturated carbocycles. The van der Waals surface area contributed by atoms with E-state index in [2.05, 4.69) is 5.32 Å². The smallest absolute Gasteiger partial charge is 0.399 e. The van der Waals surface area contributed by atoms with E-state index in [1.165, 1.54) is 11.3 Å². The van der Waals surface area contributed by atoms with E-state index in [4.69, 9.17) is 9.31 Å². The summed E-state index contributed by atoms with van der Waals surface area (Å²) >= 11 is 1.44. The SMILES string of the molecule is CC1(C)OB(c2csc(C(=O)NC3CC3)c2)OC1(C)C. The van der Waals surface area contributed by atoms with Crippen molar-refractivity contribution in [3.63, 3.8) is 0 Å². The number of carbonyl (C=O) groups is 1. The Hall–Kier alpha value is -0.845. The Labute approximate surface area is 124 Å². The van der Waals surface area contributed by atoms with Gasteiger partial charge in [0.1, 0.15) is 0 Å². The molecule has 108 valence electrons. The van der Waals surface area contributed by atoms with Crippen molar-refractivity contribution in [2.24, 2.45) is 0 Å². The van der Waals surface area contributed by atoms with Gasteiger partial charge >= 0.3 is 7.12 Å². The van der Waals surface area contributed by atoms with Crippen LogP contribution in [0.2, 0.25) is 0 Å². The first kappa shape index (κ1) is 14.1. The third-order valence-electron chi connectivity index (χ3n) is 4.28. The summed E-state index contributed by atoms with van der Waals surface area (Å²) in [6.45, 7) is 8.11. The zero-order valence-corrected chi connectivity index (χ0v) is 13.2. The molecule has 0 bridgehead atoms. The normalized spacial score (nSPS) is 23.9. The molecule has 1 aliphatic carbocycles. The van der Waals surface area contributed by atoms with Crippen molar-refractivity contribution in [2.75, 3.05) is 0 Å². The summed E-state index contributed by atoms with van der Waals surface area (Å²) in [6, 6.07) is 2.26. The fourth-order valence-electron chi connectivity index (χ4n) is 2.06. The fourth-order valence-corrected chi connectivity index (χ4v) is 2.87. The van der Waals surface area contributed by atoms with E-state index in [1.807, 2.05) is 39.1 Å². The molecule has 0 atom stereocenters. The minimum atomic E-state index is -0.390. The van der Waals surface area contributed by atoms with Gasteiger partial charge in [-0.25, -0.2) is 0 Å². The number of nitrogens with one attached hydrogen (secondary N) is 1. The Bertz CT molecular complexity index is 520. The number of amides is 1. The van der Waals surface area contributed by atoms with Crippen LogP contribution in [-0.4, -0.2) is 30.3 Å². The Morgan fingerprint density at radius 2 is 1.90 bits per heavy atom. The van der Waals surface area contributed by atoms with Crippen LogP contribution < -0.4 is 10.8 Å². The zero-order valence-electron chi connectivity index (χ0n) is 12.4. The standard InChI is InChI=1S/C14H20BNO3S/c1-13(2)14(3,4)19-15(18-13)9-7-11(20-8-9)12(17)16-10-5-6-10/h7-8,10H,5-6H2,1-4H3,(H,16,17). The van der Waals surface area contributed by atoms with Crippen LogP contribution in [0.15, 0.2) is 11.4 Å². The Kier molecular flexibility index (Phi) is 3.23. The largest absolute Gasteiger partial charge is 0.495 e. The molecule has 3 rings (SSSR count). The molecule has 1 aromatic rings. The molecule has 1 aliphatic heterocycles. The molecule has 4 nitrogen and oxygen atoms in total. The maximum Gasteiger partial charge on any atom is 0.495 e. The van der Waals surface area contributed by atoms with E-state index >= 15 is 0 Å². The summed E-state index contributed by atoms with van der Waals surface area (Å²) < 4.78 is 12.0. The highest BCUT2D eigenvalue weighted by Gasteiger charge is 2.52. The van der Waals surface area contributed by atoms with Gasteiger partial charge in [-0.2, -0.15) is 0 Å². The van der Waals surface area contributed by atoms with E-state index in [9.17, 15) is 4.79 Å². The summed E-state index contributed by atoms with van der Waals surface area (Å²) in [4.78, 5) is 12.7. The van der Waals surface area contributed by atoms with Gasteiger partial charge in [-0.1, -0.05) is 0 Å². The molecule has 6 heteroatoms. The van der Waals surface area contributed by atoms with Crippen molar-refractivity contribution in [1.82, 2.24) is 5.32 Å². The van der Waals surface area contributed by atoms with Gasteiger partial charge in [0, 0.05) is 6.04 Å². The number of rotatable bonds is 3. The van der Waals surface area contributed by atoms with Crippen molar-refractivity contribution >= 4 is 29.8 Å². The molecule has 2 heterocycles. The van der Waals surface area contributed by atoms with Crippen molar-refractivity contribution in [3.05, 3.63) is 16.3 Å². The Morgan fingerprint density at radius 1 is 1.30 bits per heavy atom. The number of thiophene rings is 1. The lowest BCUT2D eigenvalue weighted by molar-refractivity contribution is 0.00578. The molecule has 0 unspecified atom stereocenters. The highest BCUT2D eigenvalue weighted by molar-refractivity contribution is 7.13. The van der Waals surface area contributed by atoms with Crippen molar-refractivity contribution < 1.29 is 14.1 Å². The lowest BCUT2D eigenvalue weighted by Crippen LogP contribution is -2.41. The molecule has 2 aliphatic rings. The van der Waals surface area contributed by atoms with Crippen LogP contribution in [0.4, 0.5) is 0 Å². The lowest BCUT2D eigenvalue weighted by atomic mass is 9.81. The minimum absolute atomic E-state index is 0.0141. The minimum Gasteiger partial charge on any atom is -0.399 e. The highest BCUT2D eigenvalue weighted by Crippen LogP contribution is 2.36. The van der Waals surface area contributed by atoms with Crippen LogP contribution in [0.1, 0.15) is 50.2 Å². The first-order chi connectivity index (χ1) is 9.28. The molecule has 1 saturated heterocycles. The van der Waals surface area contributed by atoms with E-state index in [0.29, 0.717) is 6.04 Å². The average Bonchev–Trinajstić information content (AvgIpc) is 2.94. The molecule has 1 amide bonds. The second-order valence-electron chi connectivity index (χ2n) is 6.58. The maximum absolute atomic E-state index is 12.0. The summed E-state index contributed by atoms with van der Waals surface area (Å²) in [6.07, 6.45) is 2.20. The third kappa shape index (κ3) is 2.52. The number of hydrogen-bond donors (Lipinski definition) is 1. The van der Waals surface area contributed by atoms with E-state index in [-0.39, 0.29) is 17.1 Å². The van der Waals surface area contributed by atoms with Crippen LogP contribution in [0.25, 0.3) is 0 Å². The second-order valence-corrected chi connectivity index (χ2v) is 7.49. The second kappa shape index (κ2) is 4.58. The molecule has 1 aromatic heterocycles. The monoisotopic (exact) mass is 293 g/mol. The molecular weight excluding hydrogens is 273 g/mol. The van der Waals surface area contributed by atoms with Crippen LogP contribution in [0.3, 0.4) is 0 Å². The van der Waals surface area contributed by atoms with Crippen LogP contribution >= 0.6 is 11.3 Å². The summed E-state index contributed by atoms with van der Waals surface area (Å²) in [7, 11) is -0.390. The average molecular weight is 293 g/mol. The molecule has 1 N–H and O–H groups in total. The van der Waals surface area contributed by atoms with Gasteiger partial charge in [0.2, 0.25) is 0 Å². The molecule has 0 aromatic carbocycles. The van der Waals surface area contributed by atoms with Crippen molar-refractivity contribution in [2.45, 2.75) is 57.8 Å². The number of carbonyl (C=O) groups excluding carboxylic acids is 1. The fraction of sp³-hybridized carbons (Fsp3) is 0.643. The van der Waals surface area contributed by atoms with E-state index < -0.39 is 7.12 Å². The van der Waals surface area contributed by atoms with E-state index in [1.54, 1.807) is 0 Å². The van der Waals surface area contributed by atoms with Gasteiger partial charge in [0.05, 0.1) is 16.1 Å². The molecule has 0 spiro atoms. The van der Waals surface area contributed by atoms with Gasteiger partial charge in [0.15, 0.2) is 0 Å². The van der Waals surface area contributed by atoms with Crippen molar-refractivity contribution in [1.29, 1.82) is 0 Å². The highest BCUT2D eigenvalue weighted by atomic mass is 32.1. The number of hydrogen-bond acceptors (Lipinski definition) is 4. The zero-order chi connectivity index (χ0) is 14.5. The first-order valence-electron chi connectivity index (χ1n) is 7.03. The Balaban J connectivity index is 1.72. The van der Waals surface area contributed by atoms with Gasteiger partial charge in [-0.15, -0.1) is 11.3 Å². The summed E-state index contributed by atoms with van der Waals surface area (Å²) in [5.74, 6) is 0.0141. The maximum atomic E-state index is 12.0. The topological polar surface area (TPSA) is 47.6 Å². The molecule has 2 fully saturated rings. The van der Waals surface area contributed by atoms with Gasteiger partial charge in [0.25, 0.3) is 5.91 Å². The van der Waals surface area contributed by atoms with Gasteiger partial charge in [-0.05, 0) is 57.4 Å². The van der Waals surface area contributed by atoms with Crippen molar-refractivity contribution in [3.8, 4) is 0 Å². The van der Waals surface area contributed by atoms with Crippen LogP contribution in [0, 0.1) is 0 Å². The van der Waals surface area contributed by atoms with Crippen LogP contribution in [-0.2, 0) is 9.31 Å². The lowest BCUT2D eigenvalue weighted by Gasteiger charge is -2.32. The molecular formula is C14H20BNO3S. The predicted molar refractivity (Wildman–Crippen MR) is 80.5 cm³/mol. The summed E-state index contributed by atoms with van der Waals surface area (Å²) in [5, 5.41) is 4.94. The molecule has 20 heavy (non-hydrogen) atoms. The predicted octanol–water partition coefficient (Wildman–Crippen LogP) is 1.94. The summed E-state index contributed by atoms with van der Waals surface area (Å²) in [5.41, 5.74) is 0.223. The molecule has 0 radical (unpaired) electrons. The van der Waals surface area contributed by atoms with E-state index in [0.717, 1.165) is 23.2 Å². The third-order valence-corrected chi connectivity index (χ3v) is 5.23. The quantitative estimate of drug-likeness (QED) is 0.866. The van der Waals surface area contributed by atoms with Crippen LogP contribution in [0.5, 0.6) is 0 Å². The Morgan fingerprint density at radius 3 is 2.45 bits per heavy atom. The first-order valence-corrected chi connectivity index (χ1v) is 7.91.